The van der Waals surface area contributed by atoms with Crippen molar-refractivity contribution in [2.45, 2.75) is 0 Å². The number of para-hydroxylation sites is 1. The Hall–Kier alpha value is -1.77. The molecule has 21 heavy (non-hydrogen) atoms. The molecule has 0 aliphatic heterocycles. The van der Waals surface area contributed by atoms with Crippen molar-refractivity contribution >= 4 is 49.3 Å². The van der Waals surface area contributed by atoms with E-state index in [9.17, 15) is 0 Å². The van der Waals surface area contributed by atoms with Gasteiger partial charge < -0.3 is 4.57 Å². The Bertz CT molecular complexity index is 954. The van der Waals surface area contributed by atoms with Gasteiger partial charge in [-0.1, -0.05) is 45.7 Å². The normalized spacial score (nSPS) is 11.3. The summed E-state index contributed by atoms with van der Waals surface area (Å²) < 4.78 is 3.35. The van der Waals surface area contributed by atoms with Gasteiger partial charge in [0.1, 0.15) is 0 Å². The fourth-order valence-corrected chi connectivity index (χ4v) is 3.25. The summed E-state index contributed by atoms with van der Waals surface area (Å²) in [5.41, 5.74) is 3.51. The van der Waals surface area contributed by atoms with Crippen LogP contribution in [-0.2, 0) is 0 Å². The molecule has 0 spiro atoms. The Morgan fingerprint density at radius 1 is 0.762 bits per heavy atom. The lowest BCUT2D eigenvalue weighted by molar-refractivity contribution is 1.18. The number of nitrogens with zero attached hydrogens (tertiary/aromatic N) is 1. The zero-order valence-corrected chi connectivity index (χ0v) is 13.4. The SMILES string of the molecule is Clc1ccc2c(c1)c1ccccc1n2-c1ccc(Br)cc1. The van der Waals surface area contributed by atoms with E-state index < -0.39 is 0 Å². The van der Waals surface area contributed by atoms with Gasteiger partial charge in [-0.05, 0) is 48.5 Å². The van der Waals surface area contributed by atoms with Crippen molar-refractivity contribution in [2.24, 2.45) is 0 Å². The largest absolute Gasteiger partial charge is 0.309 e. The summed E-state index contributed by atoms with van der Waals surface area (Å²) in [6.45, 7) is 0. The van der Waals surface area contributed by atoms with E-state index in [0.29, 0.717) is 0 Å². The fraction of sp³-hybridized carbons (Fsp3) is 0. The van der Waals surface area contributed by atoms with Gasteiger partial charge in [-0.25, -0.2) is 0 Å². The molecule has 0 unspecified atom stereocenters. The molecule has 4 aromatic rings. The van der Waals surface area contributed by atoms with Crippen molar-refractivity contribution in [3.05, 3.63) is 76.2 Å². The van der Waals surface area contributed by atoms with Gasteiger partial charge in [0.15, 0.2) is 0 Å². The predicted octanol–water partition coefficient (Wildman–Crippen LogP) is 6.20. The van der Waals surface area contributed by atoms with Crippen LogP contribution in [0.1, 0.15) is 0 Å². The average molecular weight is 357 g/mol. The first-order valence-electron chi connectivity index (χ1n) is 6.69. The third-order valence-electron chi connectivity index (χ3n) is 3.72. The Morgan fingerprint density at radius 3 is 2.29 bits per heavy atom. The van der Waals surface area contributed by atoms with Crippen LogP contribution in [0.5, 0.6) is 0 Å². The topological polar surface area (TPSA) is 4.93 Å². The van der Waals surface area contributed by atoms with Crippen LogP contribution in [0.4, 0.5) is 0 Å². The van der Waals surface area contributed by atoms with Crippen LogP contribution in [-0.4, -0.2) is 4.57 Å². The quantitative estimate of drug-likeness (QED) is 0.382. The van der Waals surface area contributed by atoms with Gasteiger partial charge in [0.2, 0.25) is 0 Å². The molecule has 0 saturated carbocycles. The fourth-order valence-electron chi connectivity index (χ4n) is 2.81. The number of benzene rings is 3. The molecule has 0 radical (unpaired) electrons. The Morgan fingerprint density at radius 2 is 1.48 bits per heavy atom. The second-order valence-electron chi connectivity index (χ2n) is 4.99. The van der Waals surface area contributed by atoms with Crippen molar-refractivity contribution in [2.75, 3.05) is 0 Å². The third-order valence-corrected chi connectivity index (χ3v) is 4.48. The summed E-state index contributed by atoms with van der Waals surface area (Å²) in [6.07, 6.45) is 0. The van der Waals surface area contributed by atoms with Crippen molar-refractivity contribution < 1.29 is 0 Å². The smallest absolute Gasteiger partial charge is 0.0542 e. The van der Waals surface area contributed by atoms with E-state index in [0.717, 1.165) is 15.2 Å². The molecule has 1 aromatic heterocycles. The predicted molar refractivity (Wildman–Crippen MR) is 93.5 cm³/mol. The Balaban J connectivity index is 2.17. The van der Waals surface area contributed by atoms with E-state index >= 15 is 0 Å². The van der Waals surface area contributed by atoms with E-state index in [-0.39, 0.29) is 0 Å². The standard InChI is InChI=1S/C18H11BrClN/c19-12-5-8-14(9-6-12)21-17-4-2-1-3-15(17)16-11-13(20)7-10-18(16)21/h1-11H. The molecule has 0 saturated heterocycles. The summed E-state index contributed by atoms with van der Waals surface area (Å²) in [7, 11) is 0. The number of hydrogen-bond acceptors (Lipinski definition) is 0. The summed E-state index contributed by atoms with van der Waals surface area (Å²) in [5.74, 6) is 0. The minimum absolute atomic E-state index is 0.765. The molecule has 102 valence electrons. The van der Waals surface area contributed by atoms with Gasteiger partial charge in [-0.3, -0.25) is 0 Å². The summed E-state index contributed by atoms with van der Waals surface area (Å²) in [4.78, 5) is 0. The molecule has 3 heteroatoms. The molecular formula is C18H11BrClN. The van der Waals surface area contributed by atoms with Crippen molar-refractivity contribution in [3.8, 4) is 5.69 Å². The minimum atomic E-state index is 0.765. The summed E-state index contributed by atoms with van der Waals surface area (Å²) >= 11 is 9.67. The first kappa shape index (κ1) is 12.9. The highest BCUT2D eigenvalue weighted by Gasteiger charge is 2.11. The second-order valence-corrected chi connectivity index (χ2v) is 6.34. The van der Waals surface area contributed by atoms with E-state index in [4.69, 9.17) is 11.6 Å². The molecule has 0 bridgehead atoms. The molecular weight excluding hydrogens is 346 g/mol. The highest BCUT2D eigenvalue weighted by molar-refractivity contribution is 9.10. The monoisotopic (exact) mass is 355 g/mol. The molecule has 0 aliphatic carbocycles. The zero-order valence-electron chi connectivity index (χ0n) is 11.1. The van der Waals surface area contributed by atoms with Crippen molar-refractivity contribution in [3.63, 3.8) is 0 Å². The van der Waals surface area contributed by atoms with Crippen LogP contribution < -0.4 is 0 Å². The number of halogens is 2. The van der Waals surface area contributed by atoms with Crippen molar-refractivity contribution in [1.29, 1.82) is 0 Å². The number of fused-ring (bicyclic) bond motifs is 3. The average Bonchev–Trinajstić information content (AvgIpc) is 2.82. The lowest BCUT2D eigenvalue weighted by Gasteiger charge is -2.07. The molecule has 0 N–H and O–H groups in total. The van der Waals surface area contributed by atoms with E-state index in [1.54, 1.807) is 0 Å². The molecule has 1 heterocycles. The third kappa shape index (κ3) is 2.06. The number of rotatable bonds is 1. The summed E-state index contributed by atoms with van der Waals surface area (Å²) in [5, 5.41) is 3.17. The zero-order chi connectivity index (χ0) is 14.4. The van der Waals surface area contributed by atoms with E-state index in [2.05, 4.69) is 75.1 Å². The minimum Gasteiger partial charge on any atom is -0.309 e. The van der Waals surface area contributed by atoms with Crippen molar-refractivity contribution in [1.82, 2.24) is 4.57 Å². The first-order chi connectivity index (χ1) is 10.2. The second kappa shape index (κ2) is 4.90. The highest BCUT2D eigenvalue weighted by atomic mass is 79.9. The van der Waals surface area contributed by atoms with Crippen LogP contribution in [0.15, 0.2) is 71.2 Å². The molecule has 0 aliphatic rings. The Kier molecular flexibility index (Phi) is 3.02. The highest BCUT2D eigenvalue weighted by Crippen LogP contribution is 2.33. The van der Waals surface area contributed by atoms with Crippen LogP contribution in [0.25, 0.3) is 27.5 Å². The van der Waals surface area contributed by atoms with Crippen LogP contribution in [0.2, 0.25) is 5.02 Å². The molecule has 0 fully saturated rings. The van der Waals surface area contributed by atoms with Crippen LogP contribution in [0.3, 0.4) is 0 Å². The Labute approximate surface area is 135 Å². The summed E-state index contributed by atoms with van der Waals surface area (Å²) in [6, 6.07) is 22.8. The molecule has 4 rings (SSSR count). The van der Waals surface area contributed by atoms with Gasteiger partial charge in [0, 0.05) is 26.0 Å². The van der Waals surface area contributed by atoms with E-state index in [1.807, 2.05) is 12.1 Å². The lowest BCUT2D eigenvalue weighted by Crippen LogP contribution is -1.92. The van der Waals surface area contributed by atoms with Gasteiger partial charge in [0.05, 0.1) is 11.0 Å². The van der Waals surface area contributed by atoms with Gasteiger partial charge >= 0.3 is 0 Å². The van der Waals surface area contributed by atoms with Gasteiger partial charge in [-0.2, -0.15) is 0 Å². The lowest BCUT2D eigenvalue weighted by atomic mass is 10.2. The maximum absolute atomic E-state index is 6.18. The number of aromatic nitrogens is 1. The molecule has 0 amide bonds. The molecule has 1 nitrogen and oxygen atoms in total. The first-order valence-corrected chi connectivity index (χ1v) is 7.86. The maximum atomic E-state index is 6.18. The maximum Gasteiger partial charge on any atom is 0.0542 e. The molecule has 3 aromatic carbocycles. The number of hydrogen-bond donors (Lipinski definition) is 0. The van der Waals surface area contributed by atoms with Gasteiger partial charge in [0.25, 0.3) is 0 Å². The van der Waals surface area contributed by atoms with Crippen LogP contribution >= 0.6 is 27.5 Å². The van der Waals surface area contributed by atoms with E-state index in [1.165, 1.54) is 21.8 Å². The van der Waals surface area contributed by atoms with Gasteiger partial charge in [-0.15, -0.1) is 0 Å². The molecule has 0 atom stereocenters. The van der Waals surface area contributed by atoms with Crippen LogP contribution in [0, 0.1) is 0 Å².